The Morgan fingerprint density at radius 2 is 2.07 bits per heavy atom. The number of nitrogens with two attached hydrogens (primary N) is 1. The van der Waals surface area contributed by atoms with E-state index in [1.807, 2.05) is 4.90 Å². The van der Waals surface area contributed by atoms with E-state index in [0.717, 1.165) is 45.1 Å². The van der Waals surface area contributed by atoms with Crippen LogP contribution in [0.4, 0.5) is 5.69 Å². The van der Waals surface area contributed by atoms with Crippen molar-refractivity contribution in [2.75, 3.05) is 17.9 Å². The van der Waals surface area contributed by atoms with Crippen molar-refractivity contribution in [2.45, 2.75) is 44.6 Å². The fraction of sp³-hybridized carbons (Fsp3) is 0.556. The number of likely N-dealkylation sites (tertiary alicyclic amines) is 1. The summed E-state index contributed by atoms with van der Waals surface area (Å²) >= 11 is 0. The molecule has 27 heavy (non-hydrogen) atoms. The molecule has 1 atom stereocenters. The van der Waals surface area contributed by atoms with E-state index in [1.54, 1.807) is 18.2 Å². The third kappa shape index (κ3) is 3.60. The molecule has 1 saturated heterocycles. The molecule has 2 heterocycles. The van der Waals surface area contributed by atoms with Crippen molar-refractivity contribution < 1.29 is 17.9 Å². The molecule has 3 N–H and O–H groups in total. The number of ether oxygens (including phenoxy) is 1. The van der Waals surface area contributed by atoms with E-state index < -0.39 is 10.2 Å². The van der Waals surface area contributed by atoms with E-state index in [0.29, 0.717) is 23.6 Å². The summed E-state index contributed by atoms with van der Waals surface area (Å²) in [5.74, 6) is 0.800. The zero-order chi connectivity index (χ0) is 19.0. The van der Waals surface area contributed by atoms with Crippen LogP contribution >= 0.6 is 0 Å². The van der Waals surface area contributed by atoms with Gasteiger partial charge in [0.05, 0.1) is 17.3 Å². The maximum Gasteiger partial charge on any atom is 0.344 e. The van der Waals surface area contributed by atoms with Crippen LogP contribution in [0.5, 0.6) is 5.75 Å². The first-order chi connectivity index (χ1) is 12.9. The van der Waals surface area contributed by atoms with Gasteiger partial charge in [0.25, 0.3) is 0 Å². The van der Waals surface area contributed by atoms with Crippen LogP contribution in [0.3, 0.4) is 0 Å². The first-order valence-corrected chi connectivity index (χ1v) is 10.8. The highest BCUT2D eigenvalue weighted by Gasteiger charge is 2.35. The van der Waals surface area contributed by atoms with Crippen molar-refractivity contribution in [3.63, 3.8) is 0 Å². The summed E-state index contributed by atoms with van der Waals surface area (Å²) < 4.78 is 35.3. The number of benzene rings is 1. The summed E-state index contributed by atoms with van der Waals surface area (Å²) in [5.41, 5.74) is 6.66. The fourth-order valence-corrected chi connectivity index (χ4v) is 4.72. The molecular weight excluding hydrogens is 368 g/mol. The Morgan fingerprint density at radius 1 is 1.26 bits per heavy atom. The van der Waals surface area contributed by atoms with Crippen molar-refractivity contribution >= 4 is 27.6 Å². The average molecular weight is 392 g/mol. The normalized spacial score (nSPS) is 24.2. The third-order valence-corrected chi connectivity index (χ3v) is 6.45. The summed E-state index contributed by atoms with van der Waals surface area (Å²) in [6.07, 6.45) is 6.11. The number of hydrogen-bond donors (Lipinski definition) is 2. The lowest BCUT2D eigenvalue weighted by molar-refractivity contribution is -0.142. The van der Waals surface area contributed by atoms with Gasteiger partial charge < -0.3 is 15.4 Å². The number of carbonyl (C=O) groups excluding carboxylic acids is 1. The third-order valence-electron chi connectivity index (χ3n) is 5.54. The number of amidine groups is 1. The molecule has 2 fully saturated rings. The minimum Gasteiger partial charge on any atom is -0.491 e. The molecule has 1 aromatic rings. The first kappa shape index (κ1) is 18.1. The number of anilines is 1. The van der Waals surface area contributed by atoms with Crippen LogP contribution in [0, 0.1) is 5.92 Å². The number of amides is 1. The van der Waals surface area contributed by atoms with Gasteiger partial charge in [-0.05, 0) is 44.2 Å². The summed E-state index contributed by atoms with van der Waals surface area (Å²) in [6.45, 7) is 1.13. The summed E-state index contributed by atoms with van der Waals surface area (Å²) in [7, 11) is -3.82. The lowest BCUT2D eigenvalue weighted by Crippen LogP contribution is -2.50. The van der Waals surface area contributed by atoms with Crippen LogP contribution in [-0.4, -0.2) is 44.3 Å². The van der Waals surface area contributed by atoms with Crippen LogP contribution in [0.15, 0.2) is 22.6 Å². The number of rotatable bonds is 4. The number of nitrogens with zero attached hydrogens (tertiary/aromatic N) is 2. The van der Waals surface area contributed by atoms with E-state index in [-0.39, 0.29) is 23.7 Å². The number of carbonyl (C=O) groups is 1. The molecule has 8 nitrogen and oxygen atoms in total. The maximum absolute atomic E-state index is 12.7. The largest absolute Gasteiger partial charge is 0.491 e. The highest BCUT2D eigenvalue weighted by atomic mass is 32.2. The van der Waals surface area contributed by atoms with Gasteiger partial charge >= 0.3 is 10.2 Å². The Hall–Kier alpha value is -2.29. The van der Waals surface area contributed by atoms with Gasteiger partial charge in [-0.25, -0.2) is 0 Å². The molecule has 146 valence electrons. The van der Waals surface area contributed by atoms with Gasteiger partial charge in [0.2, 0.25) is 5.91 Å². The smallest absolute Gasteiger partial charge is 0.344 e. The second kappa shape index (κ2) is 7.03. The summed E-state index contributed by atoms with van der Waals surface area (Å²) in [4.78, 5) is 14.7. The molecular formula is C18H24N4O4S. The summed E-state index contributed by atoms with van der Waals surface area (Å²) in [6, 6.07) is 5.09. The van der Waals surface area contributed by atoms with Gasteiger partial charge in [0.15, 0.2) is 5.84 Å². The number of hydrogen-bond acceptors (Lipinski definition) is 5. The highest BCUT2D eigenvalue weighted by molar-refractivity contribution is 7.91. The Labute approximate surface area is 159 Å². The Bertz CT molecular complexity index is 879. The second-order valence-electron chi connectivity index (χ2n) is 7.35. The molecule has 3 aliphatic rings. The molecule has 0 bridgehead atoms. The monoisotopic (exact) mass is 392 g/mol. The molecule has 9 heteroatoms. The quantitative estimate of drug-likeness (QED) is 0.808. The van der Waals surface area contributed by atoms with E-state index in [1.165, 1.54) is 0 Å². The number of piperidine rings is 1. The van der Waals surface area contributed by atoms with E-state index >= 15 is 0 Å². The van der Waals surface area contributed by atoms with Crippen molar-refractivity contribution in [3.05, 3.63) is 23.8 Å². The predicted octanol–water partition coefficient (Wildman–Crippen LogP) is 1.62. The van der Waals surface area contributed by atoms with Gasteiger partial charge in [0, 0.05) is 12.5 Å². The number of fused-ring (bicyclic) bond motifs is 1. The van der Waals surface area contributed by atoms with Crippen molar-refractivity contribution in [1.29, 1.82) is 0 Å². The molecule has 2 aliphatic heterocycles. The lowest BCUT2D eigenvalue weighted by Gasteiger charge is -2.39. The van der Waals surface area contributed by atoms with Gasteiger partial charge in [-0.15, -0.1) is 4.40 Å². The molecule has 0 aromatic heterocycles. The first-order valence-electron chi connectivity index (χ1n) is 9.39. The molecule has 0 radical (unpaired) electrons. The van der Waals surface area contributed by atoms with Crippen LogP contribution in [0.25, 0.3) is 0 Å². The molecule has 1 aromatic carbocycles. The highest BCUT2D eigenvalue weighted by Crippen LogP contribution is 2.33. The standard InChI is InChI=1S/C18H24N4O4S/c19-17-16-14(20-27(24,25)21-17)8-4-9-15(16)26-11-13-7-1-2-10-22(13)18(23)12-5-3-6-12/h4,8-9,12-13,20H,1-3,5-7,10-11H2,(H2,19,21). The zero-order valence-corrected chi connectivity index (χ0v) is 15.9. The van der Waals surface area contributed by atoms with Crippen molar-refractivity contribution in [3.8, 4) is 5.75 Å². The second-order valence-corrected chi connectivity index (χ2v) is 8.69. The Morgan fingerprint density at radius 3 is 2.81 bits per heavy atom. The van der Waals surface area contributed by atoms with Crippen LogP contribution < -0.4 is 15.2 Å². The Balaban J connectivity index is 1.51. The van der Waals surface area contributed by atoms with Crippen LogP contribution in [0.2, 0.25) is 0 Å². The Kier molecular flexibility index (Phi) is 4.71. The zero-order valence-electron chi connectivity index (χ0n) is 15.1. The van der Waals surface area contributed by atoms with Crippen molar-refractivity contribution in [2.24, 2.45) is 16.0 Å². The van der Waals surface area contributed by atoms with Gasteiger partial charge in [-0.2, -0.15) is 8.42 Å². The fourth-order valence-electron chi connectivity index (χ4n) is 3.88. The average Bonchev–Trinajstić information content (AvgIpc) is 2.57. The SMILES string of the molecule is NC1=NS(=O)(=O)Nc2cccc(OCC3CCCCN3C(=O)C3CCC3)c21. The number of nitrogens with one attached hydrogen (secondary N) is 1. The van der Waals surface area contributed by atoms with E-state index in [2.05, 4.69) is 9.12 Å². The molecule has 0 spiro atoms. The van der Waals surface area contributed by atoms with Gasteiger partial charge in [-0.3, -0.25) is 9.52 Å². The minimum atomic E-state index is -3.82. The van der Waals surface area contributed by atoms with Crippen molar-refractivity contribution in [1.82, 2.24) is 4.90 Å². The molecule has 1 amide bonds. The molecule has 4 rings (SSSR count). The van der Waals surface area contributed by atoms with Crippen LogP contribution in [-0.2, 0) is 15.0 Å². The topological polar surface area (TPSA) is 114 Å². The van der Waals surface area contributed by atoms with Gasteiger partial charge in [0.1, 0.15) is 12.4 Å². The lowest BCUT2D eigenvalue weighted by atomic mass is 9.83. The maximum atomic E-state index is 12.7. The predicted molar refractivity (Wildman–Crippen MR) is 102 cm³/mol. The molecule has 1 aliphatic carbocycles. The minimum absolute atomic E-state index is 0.0288. The molecule has 1 unspecified atom stereocenters. The summed E-state index contributed by atoms with van der Waals surface area (Å²) in [5, 5.41) is 0. The van der Waals surface area contributed by atoms with Gasteiger partial charge in [-0.1, -0.05) is 12.5 Å². The van der Waals surface area contributed by atoms with E-state index in [4.69, 9.17) is 10.5 Å². The van der Waals surface area contributed by atoms with E-state index in [9.17, 15) is 13.2 Å². The van der Waals surface area contributed by atoms with Crippen LogP contribution in [0.1, 0.15) is 44.1 Å². The molecule has 1 saturated carbocycles.